The van der Waals surface area contributed by atoms with E-state index in [9.17, 15) is 4.79 Å². The lowest BCUT2D eigenvalue weighted by molar-refractivity contribution is 0.755. The van der Waals surface area contributed by atoms with E-state index >= 15 is 0 Å². The highest BCUT2D eigenvalue weighted by atomic mass is 32.2. The van der Waals surface area contributed by atoms with E-state index < -0.39 is 0 Å². The standard InChI is InChI=1S/C28H24N6OS/c1-19-9-8-14-23(20(19)2)33-26(35)22-12-6-7-13-24(22)34-27(33)30-31-28(34)36-18-25-29-15-16-32(25)17-21-10-4-3-5-11-21/h3-16H,17-18H2,1-2H3. The van der Waals surface area contributed by atoms with Crippen LogP contribution in [0.2, 0.25) is 0 Å². The van der Waals surface area contributed by atoms with E-state index in [2.05, 4.69) is 31.9 Å². The van der Waals surface area contributed by atoms with Gasteiger partial charge < -0.3 is 4.57 Å². The molecule has 0 saturated carbocycles. The second-order valence-electron chi connectivity index (χ2n) is 8.74. The lowest BCUT2D eigenvalue weighted by Gasteiger charge is -2.14. The van der Waals surface area contributed by atoms with Crippen molar-refractivity contribution < 1.29 is 0 Å². The van der Waals surface area contributed by atoms with Crippen LogP contribution in [0.3, 0.4) is 0 Å². The second kappa shape index (κ2) is 9.13. The number of aryl methyl sites for hydroxylation is 1. The topological polar surface area (TPSA) is 70.0 Å². The lowest BCUT2D eigenvalue weighted by Crippen LogP contribution is -2.22. The molecule has 36 heavy (non-hydrogen) atoms. The van der Waals surface area contributed by atoms with Gasteiger partial charge in [0, 0.05) is 18.9 Å². The molecule has 6 rings (SSSR count). The average Bonchev–Trinajstić information content (AvgIpc) is 3.53. The number of nitrogens with zero attached hydrogens (tertiary/aromatic N) is 6. The Hall–Kier alpha value is -4.17. The van der Waals surface area contributed by atoms with Gasteiger partial charge in [-0.3, -0.25) is 9.20 Å². The summed E-state index contributed by atoms with van der Waals surface area (Å²) in [5.41, 5.74) is 4.88. The number of hydrogen-bond acceptors (Lipinski definition) is 5. The van der Waals surface area contributed by atoms with Gasteiger partial charge in [-0.05, 0) is 48.7 Å². The molecule has 0 radical (unpaired) electrons. The van der Waals surface area contributed by atoms with Crippen LogP contribution in [0.25, 0.3) is 22.4 Å². The fourth-order valence-electron chi connectivity index (χ4n) is 4.50. The minimum atomic E-state index is -0.103. The zero-order valence-electron chi connectivity index (χ0n) is 20.0. The second-order valence-corrected chi connectivity index (χ2v) is 9.68. The number of fused-ring (bicyclic) bond motifs is 3. The Morgan fingerprint density at radius 2 is 1.69 bits per heavy atom. The van der Waals surface area contributed by atoms with Crippen molar-refractivity contribution in [3.63, 3.8) is 0 Å². The lowest BCUT2D eigenvalue weighted by atomic mass is 10.1. The summed E-state index contributed by atoms with van der Waals surface area (Å²) in [6.45, 7) is 4.83. The molecule has 7 nitrogen and oxygen atoms in total. The fourth-order valence-corrected chi connectivity index (χ4v) is 5.41. The van der Waals surface area contributed by atoms with Crippen molar-refractivity contribution >= 4 is 28.4 Å². The summed E-state index contributed by atoms with van der Waals surface area (Å²) in [7, 11) is 0. The zero-order valence-corrected chi connectivity index (χ0v) is 20.8. The maximum Gasteiger partial charge on any atom is 0.267 e. The van der Waals surface area contributed by atoms with Gasteiger partial charge in [0.1, 0.15) is 5.82 Å². The van der Waals surface area contributed by atoms with E-state index in [1.165, 1.54) is 5.56 Å². The molecule has 0 atom stereocenters. The summed E-state index contributed by atoms with van der Waals surface area (Å²) in [6.07, 6.45) is 3.83. The minimum absolute atomic E-state index is 0.103. The van der Waals surface area contributed by atoms with Crippen molar-refractivity contribution in [1.29, 1.82) is 0 Å². The van der Waals surface area contributed by atoms with Crippen LogP contribution in [-0.2, 0) is 12.3 Å². The molecule has 0 aliphatic carbocycles. The number of imidazole rings is 1. The van der Waals surface area contributed by atoms with Gasteiger partial charge >= 0.3 is 0 Å². The molecule has 0 amide bonds. The van der Waals surface area contributed by atoms with E-state index in [1.54, 1.807) is 16.3 Å². The molecular weight excluding hydrogens is 468 g/mol. The Kier molecular flexibility index (Phi) is 5.65. The average molecular weight is 493 g/mol. The first-order valence-electron chi connectivity index (χ1n) is 11.7. The predicted molar refractivity (Wildman–Crippen MR) is 143 cm³/mol. The number of benzene rings is 3. The molecule has 0 N–H and O–H groups in total. The largest absolute Gasteiger partial charge is 0.330 e. The van der Waals surface area contributed by atoms with Crippen molar-refractivity contribution in [2.24, 2.45) is 0 Å². The molecule has 0 unspecified atom stereocenters. The third kappa shape index (κ3) is 3.79. The van der Waals surface area contributed by atoms with Gasteiger partial charge in [0.2, 0.25) is 5.78 Å². The zero-order chi connectivity index (χ0) is 24.6. The molecular formula is C28H24N6OS. The van der Waals surface area contributed by atoms with Crippen molar-refractivity contribution in [2.45, 2.75) is 31.3 Å². The maximum absolute atomic E-state index is 13.6. The van der Waals surface area contributed by atoms with E-state index in [0.717, 1.165) is 39.9 Å². The first kappa shape index (κ1) is 22.3. The Morgan fingerprint density at radius 3 is 2.56 bits per heavy atom. The van der Waals surface area contributed by atoms with Crippen LogP contribution in [0.4, 0.5) is 0 Å². The fraction of sp³-hybridized carbons (Fsp3) is 0.143. The summed E-state index contributed by atoms with van der Waals surface area (Å²) in [4.78, 5) is 18.2. The Morgan fingerprint density at radius 1 is 0.889 bits per heavy atom. The highest BCUT2D eigenvalue weighted by molar-refractivity contribution is 7.98. The molecule has 0 saturated heterocycles. The summed E-state index contributed by atoms with van der Waals surface area (Å²) >= 11 is 1.56. The van der Waals surface area contributed by atoms with Crippen LogP contribution in [0, 0.1) is 13.8 Å². The van der Waals surface area contributed by atoms with Crippen LogP contribution in [0.1, 0.15) is 22.5 Å². The maximum atomic E-state index is 13.6. The SMILES string of the molecule is Cc1cccc(-n2c(=O)c3ccccc3n3c(SCc4nccn4Cc4ccccc4)nnc23)c1C. The number of para-hydroxylation sites is 1. The van der Waals surface area contributed by atoms with Gasteiger partial charge in [0.15, 0.2) is 5.16 Å². The van der Waals surface area contributed by atoms with E-state index in [1.807, 2.05) is 91.3 Å². The molecule has 178 valence electrons. The van der Waals surface area contributed by atoms with Crippen molar-refractivity contribution in [1.82, 2.24) is 28.7 Å². The van der Waals surface area contributed by atoms with E-state index in [0.29, 0.717) is 16.9 Å². The van der Waals surface area contributed by atoms with Gasteiger partial charge in [-0.1, -0.05) is 66.4 Å². The number of aromatic nitrogens is 6. The molecule has 0 spiro atoms. The highest BCUT2D eigenvalue weighted by Gasteiger charge is 2.19. The van der Waals surface area contributed by atoms with Crippen molar-refractivity contribution in [3.8, 4) is 5.69 Å². The molecule has 0 aliphatic heterocycles. The number of thioether (sulfide) groups is 1. The molecule has 0 fully saturated rings. The van der Waals surface area contributed by atoms with Crippen LogP contribution >= 0.6 is 11.8 Å². The van der Waals surface area contributed by atoms with Crippen LogP contribution in [0.5, 0.6) is 0 Å². The summed E-state index contributed by atoms with van der Waals surface area (Å²) in [5, 5.41) is 10.4. The van der Waals surface area contributed by atoms with Crippen LogP contribution < -0.4 is 5.56 Å². The molecule has 3 aromatic heterocycles. The summed E-state index contributed by atoms with van der Waals surface area (Å²) in [5.74, 6) is 2.08. The summed E-state index contributed by atoms with van der Waals surface area (Å²) in [6, 6.07) is 23.9. The third-order valence-electron chi connectivity index (χ3n) is 6.54. The van der Waals surface area contributed by atoms with Gasteiger partial charge in [-0.2, -0.15) is 0 Å². The van der Waals surface area contributed by atoms with Crippen molar-refractivity contribution in [3.05, 3.63) is 118 Å². The molecule has 6 aromatic rings. The monoisotopic (exact) mass is 492 g/mol. The van der Waals surface area contributed by atoms with Gasteiger partial charge in [-0.15, -0.1) is 10.2 Å². The van der Waals surface area contributed by atoms with E-state index in [4.69, 9.17) is 0 Å². The quantitative estimate of drug-likeness (QED) is 0.299. The molecule has 3 aromatic carbocycles. The van der Waals surface area contributed by atoms with E-state index in [-0.39, 0.29) is 5.56 Å². The molecule has 8 heteroatoms. The smallest absolute Gasteiger partial charge is 0.267 e. The molecule has 0 aliphatic rings. The molecule has 3 heterocycles. The predicted octanol–water partition coefficient (Wildman–Crippen LogP) is 5.19. The van der Waals surface area contributed by atoms with Crippen LogP contribution in [-0.4, -0.2) is 28.7 Å². The van der Waals surface area contributed by atoms with Gasteiger partial charge in [0.05, 0.1) is 22.3 Å². The first-order chi connectivity index (χ1) is 17.6. The van der Waals surface area contributed by atoms with Crippen LogP contribution in [0.15, 0.2) is 95.1 Å². The highest BCUT2D eigenvalue weighted by Crippen LogP contribution is 2.27. The normalized spacial score (nSPS) is 11.5. The Labute approximate surface area is 212 Å². The Bertz CT molecular complexity index is 1770. The van der Waals surface area contributed by atoms with Gasteiger partial charge in [0.25, 0.3) is 5.56 Å². The first-order valence-corrected chi connectivity index (χ1v) is 12.7. The number of hydrogen-bond donors (Lipinski definition) is 0. The van der Waals surface area contributed by atoms with Crippen molar-refractivity contribution in [2.75, 3.05) is 0 Å². The Balaban J connectivity index is 1.44. The number of rotatable bonds is 6. The molecule has 0 bridgehead atoms. The summed E-state index contributed by atoms with van der Waals surface area (Å²) < 4.78 is 5.81. The third-order valence-corrected chi connectivity index (χ3v) is 7.46. The minimum Gasteiger partial charge on any atom is -0.330 e. The van der Waals surface area contributed by atoms with Gasteiger partial charge in [-0.25, -0.2) is 9.55 Å².